The number of hydrogen-bond donors (Lipinski definition) is 2. The lowest BCUT2D eigenvalue weighted by molar-refractivity contribution is 0.0946. The van der Waals surface area contributed by atoms with Gasteiger partial charge in [-0.1, -0.05) is 13.3 Å². The van der Waals surface area contributed by atoms with Crippen LogP contribution >= 0.6 is 0 Å². The summed E-state index contributed by atoms with van der Waals surface area (Å²) in [5.41, 5.74) is 7.12. The fourth-order valence-electron chi connectivity index (χ4n) is 2.98. The third kappa shape index (κ3) is 3.60. The standard InChI is InChI=1S/C15H26N4O/c1-11-4-5-13(8-11)9-17-15(20)14-10-18-19(12(14)2)7-3-6-16/h10-11,13H,3-9,16H2,1-2H3,(H,17,20). The molecular weight excluding hydrogens is 252 g/mol. The van der Waals surface area contributed by atoms with Crippen molar-refractivity contribution in [2.45, 2.75) is 46.1 Å². The SMILES string of the molecule is Cc1c(C(=O)NCC2CCC(C)C2)cnn1CCCN. The summed E-state index contributed by atoms with van der Waals surface area (Å²) in [6.07, 6.45) is 6.30. The lowest BCUT2D eigenvalue weighted by Crippen LogP contribution is -2.28. The zero-order valence-corrected chi connectivity index (χ0v) is 12.6. The van der Waals surface area contributed by atoms with Crippen molar-refractivity contribution in [2.75, 3.05) is 13.1 Å². The van der Waals surface area contributed by atoms with E-state index in [1.807, 2.05) is 11.6 Å². The molecular formula is C15H26N4O. The second-order valence-corrected chi connectivity index (χ2v) is 6.00. The molecule has 0 aromatic carbocycles. The summed E-state index contributed by atoms with van der Waals surface area (Å²) in [6.45, 7) is 6.43. The molecule has 0 spiro atoms. The summed E-state index contributed by atoms with van der Waals surface area (Å²) in [5, 5.41) is 7.32. The number of carbonyl (C=O) groups is 1. The minimum Gasteiger partial charge on any atom is -0.352 e. The molecule has 1 amide bonds. The third-order valence-electron chi connectivity index (χ3n) is 4.28. The Hall–Kier alpha value is -1.36. The van der Waals surface area contributed by atoms with Gasteiger partial charge in [0, 0.05) is 18.8 Å². The number of carbonyl (C=O) groups excluding carboxylic acids is 1. The second-order valence-electron chi connectivity index (χ2n) is 6.00. The van der Waals surface area contributed by atoms with E-state index in [1.165, 1.54) is 19.3 Å². The average molecular weight is 278 g/mol. The van der Waals surface area contributed by atoms with Gasteiger partial charge in [0.2, 0.25) is 0 Å². The Morgan fingerprint density at radius 1 is 1.55 bits per heavy atom. The van der Waals surface area contributed by atoms with Gasteiger partial charge in [0.05, 0.1) is 11.8 Å². The van der Waals surface area contributed by atoms with E-state index in [0.717, 1.165) is 31.1 Å². The van der Waals surface area contributed by atoms with Gasteiger partial charge in [0.1, 0.15) is 0 Å². The highest BCUT2D eigenvalue weighted by Crippen LogP contribution is 2.29. The van der Waals surface area contributed by atoms with Crippen molar-refractivity contribution in [1.29, 1.82) is 0 Å². The molecule has 112 valence electrons. The van der Waals surface area contributed by atoms with Gasteiger partial charge >= 0.3 is 0 Å². The van der Waals surface area contributed by atoms with Crippen LogP contribution in [0.2, 0.25) is 0 Å². The van der Waals surface area contributed by atoms with Gasteiger partial charge in [-0.3, -0.25) is 9.48 Å². The summed E-state index contributed by atoms with van der Waals surface area (Å²) in [6, 6.07) is 0. The molecule has 1 aliphatic rings. The van der Waals surface area contributed by atoms with Gasteiger partial charge in [-0.05, 0) is 44.6 Å². The Morgan fingerprint density at radius 3 is 3.00 bits per heavy atom. The Bertz CT molecular complexity index is 455. The lowest BCUT2D eigenvalue weighted by Gasteiger charge is -2.11. The Kier molecular flexibility index (Phi) is 5.17. The van der Waals surface area contributed by atoms with E-state index in [2.05, 4.69) is 17.3 Å². The molecule has 1 aromatic rings. The molecule has 20 heavy (non-hydrogen) atoms. The molecule has 5 nitrogen and oxygen atoms in total. The fourth-order valence-corrected chi connectivity index (χ4v) is 2.98. The highest BCUT2D eigenvalue weighted by molar-refractivity contribution is 5.95. The van der Waals surface area contributed by atoms with Gasteiger partial charge in [-0.2, -0.15) is 5.10 Å². The number of aromatic nitrogens is 2. The van der Waals surface area contributed by atoms with Crippen molar-refractivity contribution in [3.63, 3.8) is 0 Å². The summed E-state index contributed by atoms with van der Waals surface area (Å²) >= 11 is 0. The molecule has 1 heterocycles. The van der Waals surface area contributed by atoms with E-state index >= 15 is 0 Å². The maximum absolute atomic E-state index is 12.2. The quantitative estimate of drug-likeness (QED) is 0.832. The summed E-state index contributed by atoms with van der Waals surface area (Å²) in [4.78, 5) is 12.2. The first-order valence-electron chi connectivity index (χ1n) is 7.62. The van der Waals surface area contributed by atoms with Crippen LogP contribution in [0.4, 0.5) is 0 Å². The van der Waals surface area contributed by atoms with Gasteiger partial charge < -0.3 is 11.1 Å². The number of nitrogens with two attached hydrogens (primary N) is 1. The van der Waals surface area contributed by atoms with Gasteiger partial charge in [-0.15, -0.1) is 0 Å². The summed E-state index contributed by atoms with van der Waals surface area (Å²) in [7, 11) is 0. The molecule has 0 bridgehead atoms. The van der Waals surface area contributed by atoms with Crippen molar-refractivity contribution in [2.24, 2.45) is 17.6 Å². The van der Waals surface area contributed by atoms with Crippen LogP contribution in [-0.4, -0.2) is 28.8 Å². The minimum absolute atomic E-state index is 0.000974. The molecule has 1 fully saturated rings. The molecule has 3 N–H and O–H groups in total. The van der Waals surface area contributed by atoms with E-state index in [-0.39, 0.29) is 5.91 Å². The first kappa shape index (κ1) is 15.0. The minimum atomic E-state index is 0.000974. The molecule has 2 atom stereocenters. The van der Waals surface area contributed by atoms with Crippen LogP contribution in [0.15, 0.2) is 6.20 Å². The number of rotatable bonds is 6. The van der Waals surface area contributed by atoms with Gasteiger partial charge in [0.15, 0.2) is 0 Å². The first-order valence-corrected chi connectivity index (χ1v) is 7.62. The molecule has 5 heteroatoms. The molecule has 0 saturated heterocycles. The van der Waals surface area contributed by atoms with Crippen molar-refractivity contribution in [3.8, 4) is 0 Å². The van der Waals surface area contributed by atoms with E-state index in [1.54, 1.807) is 6.20 Å². The van der Waals surface area contributed by atoms with Crippen molar-refractivity contribution in [1.82, 2.24) is 15.1 Å². The van der Waals surface area contributed by atoms with Crippen LogP contribution in [0, 0.1) is 18.8 Å². The van der Waals surface area contributed by atoms with E-state index in [9.17, 15) is 4.79 Å². The number of aryl methyl sites for hydroxylation is 1. The van der Waals surface area contributed by atoms with Crippen LogP contribution in [-0.2, 0) is 6.54 Å². The van der Waals surface area contributed by atoms with Crippen molar-refractivity contribution >= 4 is 5.91 Å². The molecule has 1 saturated carbocycles. The topological polar surface area (TPSA) is 72.9 Å². The fraction of sp³-hybridized carbons (Fsp3) is 0.733. The lowest BCUT2D eigenvalue weighted by atomic mass is 10.1. The monoisotopic (exact) mass is 278 g/mol. The third-order valence-corrected chi connectivity index (χ3v) is 4.28. The molecule has 0 aliphatic heterocycles. The van der Waals surface area contributed by atoms with Gasteiger partial charge in [0.25, 0.3) is 5.91 Å². The molecule has 2 rings (SSSR count). The summed E-state index contributed by atoms with van der Waals surface area (Å²) in [5.74, 6) is 1.44. The first-order chi connectivity index (χ1) is 9.61. The van der Waals surface area contributed by atoms with Crippen molar-refractivity contribution in [3.05, 3.63) is 17.5 Å². The van der Waals surface area contributed by atoms with Crippen LogP contribution in [0.5, 0.6) is 0 Å². The van der Waals surface area contributed by atoms with E-state index in [0.29, 0.717) is 18.0 Å². The maximum atomic E-state index is 12.2. The normalized spacial score (nSPS) is 22.1. The molecule has 1 aromatic heterocycles. The molecule has 0 radical (unpaired) electrons. The number of amides is 1. The second kappa shape index (κ2) is 6.88. The predicted molar refractivity (Wildman–Crippen MR) is 79.5 cm³/mol. The Balaban J connectivity index is 1.87. The number of nitrogens with zero attached hydrogens (tertiary/aromatic N) is 2. The Labute approximate surface area is 120 Å². The number of hydrogen-bond acceptors (Lipinski definition) is 3. The van der Waals surface area contributed by atoms with Crippen LogP contribution in [0.3, 0.4) is 0 Å². The molecule has 2 unspecified atom stereocenters. The van der Waals surface area contributed by atoms with Crippen LogP contribution in [0.25, 0.3) is 0 Å². The smallest absolute Gasteiger partial charge is 0.254 e. The van der Waals surface area contributed by atoms with Crippen LogP contribution in [0.1, 0.15) is 48.7 Å². The highest BCUT2D eigenvalue weighted by atomic mass is 16.1. The van der Waals surface area contributed by atoms with Crippen LogP contribution < -0.4 is 11.1 Å². The van der Waals surface area contributed by atoms with Crippen molar-refractivity contribution < 1.29 is 4.79 Å². The average Bonchev–Trinajstić information content (AvgIpc) is 3.00. The predicted octanol–water partition coefficient (Wildman–Crippen LogP) is 1.71. The number of nitrogens with one attached hydrogen (secondary N) is 1. The van der Waals surface area contributed by atoms with Gasteiger partial charge in [-0.25, -0.2) is 0 Å². The maximum Gasteiger partial charge on any atom is 0.254 e. The van der Waals surface area contributed by atoms with E-state index in [4.69, 9.17) is 5.73 Å². The zero-order chi connectivity index (χ0) is 14.5. The molecule has 1 aliphatic carbocycles. The van der Waals surface area contributed by atoms with E-state index < -0.39 is 0 Å². The largest absolute Gasteiger partial charge is 0.352 e. The zero-order valence-electron chi connectivity index (χ0n) is 12.6. The highest BCUT2D eigenvalue weighted by Gasteiger charge is 2.22. The summed E-state index contributed by atoms with van der Waals surface area (Å²) < 4.78 is 1.86. The Morgan fingerprint density at radius 2 is 2.35 bits per heavy atom.